The van der Waals surface area contributed by atoms with E-state index in [0.717, 1.165) is 18.5 Å². The standard InChI is InChI=1S/C20H20F2N6O4S/c1-3-27(4-2)33(31,32)15-8-6-14(7-9-15)25-19-18(28(29)30)20(24-12-23-19)26-17-10-5-13(21)11-16(17)22/h5-12H,3-4H2,1-2H3,(H2,23,24,25,26). The molecule has 0 aliphatic carbocycles. The molecule has 10 nitrogen and oxygen atoms in total. The first-order chi connectivity index (χ1) is 15.7. The minimum absolute atomic E-state index is 0.0723. The van der Waals surface area contributed by atoms with Crippen LogP contribution in [0, 0.1) is 21.7 Å². The van der Waals surface area contributed by atoms with Gasteiger partial charge in [0, 0.05) is 24.8 Å². The molecule has 0 bridgehead atoms. The monoisotopic (exact) mass is 478 g/mol. The summed E-state index contributed by atoms with van der Waals surface area (Å²) in [5.74, 6) is -2.28. The number of nitro groups is 1. The molecule has 0 unspecified atom stereocenters. The van der Waals surface area contributed by atoms with Gasteiger partial charge in [0.25, 0.3) is 0 Å². The summed E-state index contributed by atoms with van der Waals surface area (Å²) in [6, 6.07) is 8.32. The van der Waals surface area contributed by atoms with Crippen molar-refractivity contribution in [2.75, 3.05) is 23.7 Å². The largest absolute Gasteiger partial charge is 0.353 e. The van der Waals surface area contributed by atoms with Crippen LogP contribution in [0.4, 0.5) is 37.5 Å². The second kappa shape index (κ2) is 9.83. The van der Waals surface area contributed by atoms with Crippen molar-refractivity contribution >= 4 is 38.7 Å². The highest BCUT2D eigenvalue weighted by molar-refractivity contribution is 7.89. The first kappa shape index (κ1) is 23.9. The number of anilines is 4. The Labute approximate surface area is 188 Å². The zero-order valence-electron chi connectivity index (χ0n) is 17.6. The molecule has 2 N–H and O–H groups in total. The second-order valence-electron chi connectivity index (χ2n) is 6.66. The molecule has 1 heterocycles. The number of nitrogens with zero attached hydrogens (tertiary/aromatic N) is 4. The Morgan fingerprint density at radius 2 is 1.61 bits per heavy atom. The van der Waals surface area contributed by atoms with Crippen LogP contribution in [0.15, 0.2) is 53.7 Å². The minimum atomic E-state index is -3.66. The highest BCUT2D eigenvalue weighted by Crippen LogP contribution is 2.33. The summed E-state index contributed by atoms with van der Waals surface area (Å²) < 4.78 is 53.6. The molecule has 0 aliphatic heterocycles. The van der Waals surface area contributed by atoms with Gasteiger partial charge in [-0.2, -0.15) is 4.31 Å². The van der Waals surface area contributed by atoms with Crippen LogP contribution in [-0.2, 0) is 10.0 Å². The summed E-state index contributed by atoms with van der Waals surface area (Å²) >= 11 is 0. The topological polar surface area (TPSA) is 130 Å². The fraction of sp³-hybridized carbons (Fsp3) is 0.200. The van der Waals surface area contributed by atoms with Crippen LogP contribution in [0.5, 0.6) is 0 Å². The van der Waals surface area contributed by atoms with Crippen molar-refractivity contribution in [3.63, 3.8) is 0 Å². The first-order valence-electron chi connectivity index (χ1n) is 9.76. The van der Waals surface area contributed by atoms with Gasteiger partial charge in [0.15, 0.2) is 0 Å². The number of hydrogen-bond acceptors (Lipinski definition) is 8. The summed E-state index contributed by atoms with van der Waals surface area (Å²) in [5, 5.41) is 16.9. The summed E-state index contributed by atoms with van der Waals surface area (Å²) in [5.41, 5.74) is -0.467. The van der Waals surface area contributed by atoms with Crippen molar-refractivity contribution in [2.45, 2.75) is 18.7 Å². The SMILES string of the molecule is CCN(CC)S(=O)(=O)c1ccc(Nc2ncnc(Nc3ccc(F)cc3F)c2[N+](=O)[O-])cc1. The van der Waals surface area contributed by atoms with Gasteiger partial charge in [-0.15, -0.1) is 0 Å². The Balaban J connectivity index is 1.91. The molecule has 13 heteroatoms. The quantitative estimate of drug-likeness (QED) is 0.346. The fourth-order valence-corrected chi connectivity index (χ4v) is 4.47. The van der Waals surface area contributed by atoms with E-state index in [1.54, 1.807) is 13.8 Å². The molecule has 3 aromatic rings. The predicted octanol–water partition coefficient (Wildman–Crippen LogP) is 4.18. The summed E-state index contributed by atoms with van der Waals surface area (Å²) in [4.78, 5) is 18.7. The van der Waals surface area contributed by atoms with Crippen LogP contribution in [0.3, 0.4) is 0 Å². The second-order valence-corrected chi connectivity index (χ2v) is 8.60. The molecule has 0 radical (unpaired) electrons. The van der Waals surface area contributed by atoms with E-state index in [1.807, 2.05) is 0 Å². The van der Waals surface area contributed by atoms with Crippen molar-refractivity contribution in [3.05, 3.63) is 70.5 Å². The van der Waals surface area contributed by atoms with E-state index < -0.39 is 32.3 Å². The van der Waals surface area contributed by atoms with Crippen molar-refractivity contribution in [3.8, 4) is 0 Å². The van der Waals surface area contributed by atoms with E-state index in [1.165, 1.54) is 28.6 Å². The van der Waals surface area contributed by atoms with E-state index >= 15 is 0 Å². The lowest BCUT2D eigenvalue weighted by molar-refractivity contribution is -0.383. The number of sulfonamides is 1. The number of halogens is 2. The molecule has 1 aromatic heterocycles. The maximum atomic E-state index is 14.0. The van der Waals surface area contributed by atoms with Gasteiger partial charge in [-0.1, -0.05) is 13.8 Å². The molecule has 0 fully saturated rings. The molecule has 0 aliphatic rings. The summed E-state index contributed by atoms with van der Waals surface area (Å²) in [6.07, 6.45) is 1.03. The number of rotatable bonds is 9. The number of aromatic nitrogens is 2. The Hall–Kier alpha value is -3.71. The van der Waals surface area contributed by atoms with Gasteiger partial charge in [0.05, 0.1) is 15.5 Å². The number of benzene rings is 2. The molecule has 33 heavy (non-hydrogen) atoms. The minimum Gasteiger partial charge on any atom is -0.334 e. The van der Waals surface area contributed by atoms with Gasteiger partial charge in [-0.3, -0.25) is 10.1 Å². The fourth-order valence-electron chi connectivity index (χ4n) is 3.01. The van der Waals surface area contributed by atoms with Crippen LogP contribution in [-0.4, -0.2) is 40.7 Å². The normalized spacial score (nSPS) is 11.4. The van der Waals surface area contributed by atoms with E-state index in [0.29, 0.717) is 24.8 Å². The molecule has 0 saturated heterocycles. The van der Waals surface area contributed by atoms with E-state index in [9.17, 15) is 27.3 Å². The molecule has 0 spiro atoms. The van der Waals surface area contributed by atoms with Crippen molar-refractivity contribution in [2.24, 2.45) is 0 Å². The Morgan fingerprint density at radius 1 is 1.00 bits per heavy atom. The third-order valence-corrected chi connectivity index (χ3v) is 6.71. The van der Waals surface area contributed by atoms with Gasteiger partial charge < -0.3 is 10.6 Å². The van der Waals surface area contributed by atoms with Crippen molar-refractivity contribution < 1.29 is 22.1 Å². The number of nitrogens with one attached hydrogen (secondary N) is 2. The molecule has 0 atom stereocenters. The number of hydrogen-bond donors (Lipinski definition) is 2. The van der Waals surface area contributed by atoms with Crippen molar-refractivity contribution in [1.29, 1.82) is 0 Å². The maximum Gasteiger partial charge on any atom is 0.353 e. The average molecular weight is 478 g/mol. The lowest BCUT2D eigenvalue weighted by atomic mass is 10.3. The molecular formula is C20H20F2N6O4S. The van der Waals surface area contributed by atoms with Gasteiger partial charge in [-0.25, -0.2) is 27.2 Å². The van der Waals surface area contributed by atoms with Crippen LogP contribution >= 0.6 is 0 Å². The summed E-state index contributed by atoms with van der Waals surface area (Å²) in [7, 11) is -3.66. The maximum absolute atomic E-state index is 14.0. The average Bonchev–Trinajstić information content (AvgIpc) is 2.76. The van der Waals surface area contributed by atoms with Crippen molar-refractivity contribution in [1.82, 2.24) is 14.3 Å². The molecule has 0 saturated carbocycles. The first-order valence-corrected chi connectivity index (χ1v) is 11.2. The van der Waals surface area contributed by atoms with Gasteiger partial charge >= 0.3 is 5.69 Å². The molecular weight excluding hydrogens is 458 g/mol. The Kier molecular flexibility index (Phi) is 7.13. The Bertz CT molecular complexity index is 1270. The van der Waals surface area contributed by atoms with Crippen LogP contribution in [0.1, 0.15) is 13.8 Å². The van der Waals surface area contributed by atoms with E-state index in [2.05, 4.69) is 20.6 Å². The molecule has 174 valence electrons. The van der Waals surface area contributed by atoms with Gasteiger partial charge in [0.1, 0.15) is 18.0 Å². The highest BCUT2D eigenvalue weighted by atomic mass is 32.2. The Morgan fingerprint density at radius 3 is 2.15 bits per heavy atom. The van der Waals surface area contributed by atoms with Crippen LogP contribution in [0.2, 0.25) is 0 Å². The summed E-state index contributed by atoms with van der Waals surface area (Å²) in [6.45, 7) is 4.09. The van der Waals surface area contributed by atoms with Crippen LogP contribution < -0.4 is 10.6 Å². The van der Waals surface area contributed by atoms with Crippen LogP contribution in [0.25, 0.3) is 0 Å². The smallest absolute Gasteiger partial charge is 0.334 e. The lowest BCUT2D eigenvalue weighted by Crippen LogP contribution is -2.30. The predicted molar refractivity (Wildman–Crippen MR) is 118 cm³/mol. The molecule has 2 aromatic carbocycles. The van der Waals surface area contributed by atoms with E-state index in [-0.39, 0.29) is 22.2 Å². The van der Waals surface area contributed by atoms with E-state index in [4.69, 9.17) is 0 Å². The molecule has 0 amide bonds. The zero-order chi connectivity index (χ0) is 24.2. The highest BCUT2D eigenvalue weighted by Gasteiger charge is 2.25. The van der Waals surface area contributed by atoms with Gasteiger partial charge in [0.2, 0.25) is 21.7 Å². The molecule has 3 rings (SSSR count). The lowest BCUT2D eigenvalue weighted by Gasteiger charge is -2.18. The van der Waals surface area contributed by atoms with Gasteiger partial charge in [-0.05, 0) is 36.4 Å². The zero-order valence-corrected chi connectivity index (χ0v) is 18.4. The third kappa shape index (κ3) is 5.21. The third-order valence-electron chi connectivity index (χ3n) is 4.65.